The number of hydrogen-bond acceptors (Lipinski definition) is 4. The highest BCUT2D eigenvalue weighted by atomic mass is 127. The van der Waals surface area contributed by atoms with Gasteiger partial charge < -0.3 is 20.4 Å². The van der Waals surface area contributed by atoms with Crippen LogP contribution in [0.5, 0.6) is 0 Å². The van der Waals surface area contributed by atoms with E-state index in [-0.39, 0.29) is 0 Å². The molecule has 0 bridgehead atoms. The Kier molecular flexibility index (Phi) is 5.60. The summed E-state index contributed by atoms with van der Waals surface area (Å²) in [7, 11) is 1.86. The van der Waals surface area contributed by atoms with Crippen LogP contribution < -0.4 is 5.32 Å². The summed E-state index contributed by atoms with van der Waals surface area (Å²) in [5.41, 5.74) is 1.02. The Morgan fingerprint density at radius 3 is 2.88 bits per heavy atom. The number of hydrogen-bond donors (Lipinski definition) is 3. The number of aryl methyl sites for hydroxylation is 1. The first-order valence-corrected chi connectivity index (χ1v) is 6.88. The molecule has 0 fully saturated rings. The SMILES string of the molecule is CCN/C(Br)=C(\C=N)C(O)c1ncn(C)c1I. The maximum Gasteiger partial charge on any atom is 0.128 e. The van der Waals surface area contributed by atoms with Crippen molar-refractivity contribution >= 4 is 44.7 Å². The van der Waals surface area contributed by atoms with Crippen molar-refractivity contribution < 1.29 is 5.11 Å². The summed E-state index contributed by atoms with van der Waals surface area (Å²) >= 11 is 5.43. The molecule has 1 heterocycles. The van der Waals surface area contributed by atoms with Crippen molar-refractivity contribution in [2.75, 3.05) is 6.54 Å². The molecule has 1 atom stereocenters. The van der Waals surface area contributed by atoms with Crippen LogP contribution in [0.4, 0.5) is 0 Å². The summed E-state index contributed by atoms with van der Waals surface area (Å²) in [5.74, 6) is 0. The summed E-state index contributed by atoms with van der Waals surface area (Å²) in [5, 5.41) is 20.6. The zero-order chi connectivity index (χ0) is 13.0. The minimum Gasteiger partial charge on any atom is -0.382 e. The standard InChI is InChI=1S/C10H14BrIN4O/c1-3-14-9(11)6(4-13)8(17)7-10(12)16(2)5-15-7/h4-5,8,13-14,17H,3H2,1-2H3/b9-6+,13-4?. The summed E-state index contributed by atoms with van der Waals surface area (Å²) in [4.78, 5) is 4.15. The number of halogens is 2. The summed E-state index contributed by atoms with van der Waals surface area (Å²) in [6, 6.07) is 0. The van der Waals surface area contributed by atoms with Crippen molar-refractivity contribution in [1.29, 1.82) is 5.41 Å². The number of aromatic nitrogens is 2. The molecule has 0 saturated carbocycles. The van der Waals surface area contributed by atoms with Gasteiger partial charge in [0.25, 0.3) is 0 Å². The van der Waals surface area contributed by atoms with Gasteiger partial charge in [-0.1, -0.05) is 0 Å². The molecule has 7 heteroatoms. The van der Waals surface area contributed by atoms with Crippen LogP contribution in [-0.4, -0.2) is 27.4 Å². The van der Waals surface area contributed by atoms with Crippen LogP contribution in [-0.2, 0) is 7.05 Å². The molecule has 0 aliphatic rings. The maximum absolute atomic E-state index is 10.2. The molecule has 94 valence electrons. The average Bonchev–Trinajstić information content (AvgIpc) is 2.61. The van der Waals surface area contributed by atoms with E-state index < -0.39 is 6.10 Å². The molecule has 0 spiro atoms. The average molecular weight is 413 g/mol. The van der Waals surface area contributed by atoms with Gasteiger partial charge in [0, 0.05) is 25.4 Å². The largest absolute Gasteiger partial charge is 0.382 e. The van der Waals surface area contributed by atoms with Gasteiger partial charge in [0.1, 0.15) is 15.5 Å². The lowest BCUT2D eigenvalue weighted by atomic mass is 10.1. The second-order valence-electron chi connectivity index (χ2n) is 3.38. The summed E-state index contributed by atoms with van der Waals surface area (Å²) in [6.07, 6.45) is 1.86. The zero-order valence-electron chi connectivity index (χ0n) is 9.54. The molecule has 0 amide bonds. The monoisotopic (exact) mass is 412 g/mol. The molecule has 0 aliphatic heterocycles. The van der Waals surface area contributed by atoms with E-state index in [0.717, 1.165) is 9.92 Å². The van der Waals surface area contributed by atoms with E-state index in [9.17, 15) is 5.11 Å². The van der Waals surface area contributed by atoms with Crippen LogP contribution in [0.1, 0.15) is 18.7 Å². The van der Waals surface area contributed by atoms with Crippen LogP contribution in [0.2, 0.25) is 0 Å². The fourth-order valence-electron chi connectivity index (χ4n) is 1.28. The normalized spacial score (nSPS) is 14.2. The molecule has 5 nitrogen and oxygen atoms in total. The number of nitrogens with zero attached hydrogens (tertiary/aromatic N) is 2. The number of aliphatic hydroxyl groups is 1. The fraction of sp³-hybridized carbons (Fsp3) is 0.400. The van der Waals surface area contributed by atoms with E-state index in [1.165, 1.54) is 0 Å². The van der Waals surface area contributed by atoms with Gasteiger partial charge in [0.05, 0.1) is 10.9 Å². The highest BCUT2D eigenvalue weighted by Crippen LogP contribution is 2.26. The smallest absolute Gasteiger partial charge is 0.128 e. The van der Waals surface area contributed by atoms with E-state index in [2.05, 4.69) is 48.8 Å². The lowest BCUT2D eigenvalue weighted by Crippen LogP contribution is -2.15. The highest BCUT2D eigenvalue weighted by molar-refractivity contribution is 14.1. The molecule has 0 aromatic carbocycles. The van der Waals surface area contributed by atoms with Crippen molar-refractivity contribution in [1.82, 2.24) is 14.9 Å². The zero-order valence-corrected chi connectivity index (χ0v) is 13.3. The van der Waals surface area contributed by atoms with Crippen LogP contribution in [0, 0.1) is 9.11 Å². The van der Waals surface area contributed by atoms with E-state index in [4.69, 9.17) is 5.41 Å². The van der Waals surface area contributed by atoms with Gasteiger partial charge in [0.15, 0.2) is 0 Å². The molecule has 0 radical (unpaired) electrons. The van der Waals surface area contributed by atoms with Crippen molar-refractivity contribution in [2.45, 2.75) is 13.0 Å². The van der Waals surface area contributed by atoms with Gasteiger partial charge in [-0.25, -0.2) is 4.98 Å². The van der Waals surface area contributed by atoms with Crippen LogP contribution >= 0.6 is 38.5 Å². The molecule has 1 rings (SSSR count). The molecule has 3 N–H and O–H groups in total. The number of nitrogens with one attached hydrogen (secondary N) is 2. The molecule has 1 unspecified atom stereocenters. The lowest BCUT2D eigenvalue weighted by Gasteiger charge is -2.13. The molecule has 1 aromatic rings. The minimum absolute atomic E-state index is 0.462. The quantitative estimate of drug-likeness (QED) is 0.393. The first-order valence-electron chi connectivity index (χ1n) is 5.01. The molecular weight excluding hydrogens is 399 g/mol. The number of imidazole rings is 1. The van der Waals surface area contributed by atoms with Crippen LogP contribution in [0.25, 0.3) is 0 Å². The number of aliphatic hydroxyl groups excluding tert-OH is 1. The Balaban J connectivity index is 3.10. The van der Waals surface area contributed by atoms with E-state index in [1.807, 2.05) is 18.5 Å². The Bertz CT molecular complexity index is 444. The first-order chi connectivity index (χ1) is 8.02. The molecule has 1 aromatic heterocycles. The van der Waals surface area contributed by atoms with Crippen molar-refractivity contribution in [2.24, 2.45) is 7.05 Å². The molecule has 17 heavy (non-hydrogen) atoms. The summed E-state index contributed by atoms with van der Waals surface area (Å²) < 4.78 is 3.29. The molecule has 0 aliphatic carbocycles. The Morgan fingerprint density at radius 1 is 1.82 bits per heavy atom. The van der Waals surface area contributed by atoms with Crippen molar-refractivity contribution in [3.63, 3.8) is 0 Å². The van der Waals surface area contributed by atoms with Crippen LogP contribution in [0.15, 0.2) is 16.5 Å². The van der Waals surface area contributed by atoms with Gasteiger partial charge in [-0.3, -0.25) is 0 Å². The van der Waals surface area contributed by atoms with Gasteiger partial charge in [0.2, 0.25) is 0 Å². The van der Waals surface area contributed by atoms with E-state index in [0.29, 0.717) is 22.4 Å². The van der Waals surface area contributed by atoms with Crippen molar-refractivity contribution in [3.8, 4) is 0 Å². The minimum atomic E-state index is -0.908. The van der Waals surface area contributed by atoms with Crippen LogP contribution in [0.3, 0.4) is 0 Å². The molecule has 0 saturated heterocycles. The van der Waals surface area contributed by atoms with E-state index >= 15 is 0 Å². The highest BCUT2D eigenvalue weighted by Gasteiger charge is 2.21. The summed E-state index contributed by atoms with van der Waals surface area (Å²) in [6.45, 7) is 2.66. The third-order valence-electron chi connectivity index (χ3n) is 2.19. The predicted molar refractivity (Wildman–Crippen MR) is 79.3 cm³/mol. The van der Waals surface area contributed by atoms with E-state index in [1.54, 1.807) is 6.33 Å². The second kappa shape index (κ2) is 6.50. The third kappa shape index (κ3) is 3.29. The number of rotatable bonds is 5. The first kappa shape index (κ1) is 14.7. The van der Waals surface area contributed by atoms with Gasteiger partial charge in [-0.15, -0.1) is 0 Å². The van der Waals surface area contributed by atoms with Gasteiger partial charge >= 0.3 is 0 Å². The second-order valence-corrected chi connectivity index (χ2v) is 5.19. The van der Waals surface area contributed by atoms with Crippen molar-refractivity contribution in [3.05, 3.63) is 25.9 Å². The molecular formula is C10H14BrIN4O. The third-order valence-corrected chi connectivity index (χ3v) is 4.24. The lowest BCUT2D eigenvalue weighted by molar-refractivity contribution is 0.216. The maximum atomic E-state index is 10.2. The fourth-order valence-corrected chi connectivity index (χ4v) is 2.45. The Morgan fingerprint density at radius 2 is 2.47 bits per heavy atom. The Labute approximate surface area is 122 Å². The van der Waals surface area contributed by atoms with Gasteiger partial charge in [-0.05, 0) is 45.4 Å². The van der Waals surface area contributed by atoms with Gasteiger partial charge in [-0.2, -0.15) is 0 Å². The predicted octanol–water partition coefficient (Wildman–Crippen LogP) is 1.92. The Hall–Kier alpha value is -0.410. The topological polar surface area (TPSA) is 73.9 Å².